The number of nitrogens with one attached hydrogen (secondary N) is 1. The number of hydrogen-bond donors (Lipinski definition) is 2. The average Bonchev–Trinajstić information content (AvgIpc) is 3.11. The van der Waals surface area contributed by atoms with E-state index in [9.17, 15) is 0 Å². The number of nitrogens with two attached hydrogens (primary N) is 1. The van der Waals surface area contributed by atoms with Gasteiger partial charge in [0.25, 0.3) is 0 Å². The standard InChI is InChI=1S/C16H16Cl2N4S/c1-22-14(6-7-20-22)11-8-15(23-16(11)18)21-13(9-19)10-4-2-3-5-12(10)17/h2-8,13,21H,9,19H2,1H3. The van der Waals surface area contributed by atoms with E-state index in [-0.39, 0.29) is 6.04 Å². The molecule has 4 nitrogen and oxygen atoms in total. The Labute approximate surface area is 148 Å². The van der Waals surface area contributed by atoms with Crippen LogP contribution in [-0.2, 0) is 7.05 Å². The van der Waals surface area contributed by atoms with Gasteiger partial charge in [-0.2, -0.15) is 5.10 Å². The first-order valence-corrected chi connectivity index (χ1v) is 8.66. The third kappa shape index (κ3) is 3.38. The molecule has 3 rings (SSSR count). The fraction of sp³-hybridized carbons (Fsp3) is 0.188. The molecule has 120 valence electrons. The van der Waals surface area contributed by atoms with Crippen LogP contribution in [0.3, 0.4) is 0 Å². The molecule has 0 spiro atoms. The van der Waals surface area contributed by atoms with Gasteiger partial charge >= 0.3 is 0 Å². The highest BCUT2D eigenvalue weighted by molar-refractivity contribution is 7.20. The van der Waals surface area contributed by atoms with Crippen LogP contribution in [0, 0.1) is 0 Å². The van der Waals surface area contributed by atoms with Crippen molar-refractivity contribution >= 4 is 39.5 Å². The Kier molecular flexibility index (Phi) is 4.92. The van der Waals surface area contributed by atoms with Gasteiger partial charge in [-0.3, -0.25) is 4.68 Å². The van der Waals surface area contributed by atoms with Crippen molar-refractivity contribution in [2.45, 2.75) is 6.04 Å². The lowest BCUT2D eigenvalue weighted by Crippen LogP contribution is -2.20. The second-order valence-corrected chi connectivity index (χ2v) is 7.15. The first kappa shape index (κ1) is 16.3. The van der Waals surface area contributed by atoms with Crippen molar-refractivity contribution in [3.05, 3.63) is 57.5 Å². The Morgan fingerprint density at radius 2 is 2.09 bits per heavy atom. The topological polar surface area (TPSA) is 55.9 Å². The summed E-state index contributed by atoms with van der Waals surface area (Å²) in [6, 6.07) is 11.6. The number of hydrogen-bond acceptors (Lipinski definition) is 4. The molecule has 1 atom stereocenters. The van der Waals surface area contributed by atoms with E-state index in [1.54, 1.807) is 10.9 Å². The number of benzene rings is 1. The van der Waals surface area contributed by atoms with Gasteiger partial charge in [0.1, 0.15) is 4.34 Å². The highest BCUT2D eigenvalue weighted by Crippen LogP contribution is 2.39. The summed E-state index contributed by atoms with van der Waals surface area (Å²) < 4.78 is 2.51. The van der Waals surface area contributed by atoms with E-state index >= 15 is 0 Å². The molecule has 0 saturated heterocycles. The molecule has 1 aromatic carbocycles. The molecule has 0 aliphatic heterocycles. The minimum atomic E-state index is -0.0715. The average molecular weight is 367 g/mol. The van der Waals surface area contributed by atoms with Crippen LogP contribution < -0.4 is 11.1 Å². The van der Waals surface area contributed by atoms with Crippen LogP contribution in [0.5, 0.6) is 0 Å². The minimum absolute atomic E-state index is 0.0715. The van der Waals surface area contributed by atoms with Gasteiger partial charge in [0, 0.05) is 30.4 Å². The molecule has 0 radical (unpaired) electrons. The van der Waals surface area contributed by atoms with Crippen molar-refractivity contribution in [2.75, 3.05) is 11.9 Å². The summed E-state index contributed by atoms with van der Waals surface area (Å²) in [5.74, 6) is 0. The van der Waals surface area contributed by atoms with Gasteiger partial charge in [0.15, 0.2) is 0 Å². The summed E-state index contributed by atoms with van der Waals surface area (Å²) >= 11 is 14.1. The molecule has 3 aromatic rings. The van der Waals surface area contributed by atoms with Crippen molar-refractivity contribution in [2.24, 2.45) is 12.8 Å². The lowest BCUT2D eigenvalue weighted by Gasteiger charge is -2.18. The van der Waals surface area contributed by atoms with E-state index in [4.69, 9.17) is 28.9 Å². The zero-order valence-corrected chi connectivity index (χ0v) is 14.8. The van der Waals surface area contributed by atoms with Crippen molar-refractivity contribution in [3.8, 4) is 11.3 Å². The Bertz CT molecular complexity index is 812. The largest absolute Gasteiger partial charge is 0.369 e. The van der Waals surface area contributed by atoms with Gasteiger partial charge in [-0.05, 0) is 23.8 Å². The maximum Gasteiger partial charge on any atom is 0.104 e. The maximum absolute atomic E-state index is 6.39. The first-order valence-electron chi connectivity index (χ1n) is 7.09. The first-order chi connectivity index (χ1) is 11.1. The van der Waals surface area contributed by atoms with Gasteiger partial charge in [-0.25, -0.2) is 0 Å². The van der Waals surface area contributed by atoms with Crippen molar-refractivity contribution in [3.63, 3.8) is 0 Å². The molecule has 0 amide bonds. The van der Waals surface area contributed by atoms with Crippen molar-refractivity contribution in [1.29, 1.82) is 0 Å². The molecule has 0 bridgehead atoms. The summed E-state index contributed by atoms with van der Waals surface area (Å²) in [7, 11) is 1.89. The van der Waals surface area contributed by atoms with E-state index in [1.165, 1.54) is 11.3 Å². The van der Waals surface area contributed by atoms with Gasteiger partial charge in [0.05, 0.1) is 16.7 Å². The number of aromatic nitrogens is 2. The maximum atomic E-state index is 6.39. The van der Waals surface area contributed by atoms with Crippen molar-refractivity contribution < 1.29 is 0 Å². The zero-order valence-electron chi connectivity index (χ0n) is 12.5. The highest BCUT2D eigenvalue weighted by atomic mass is 35.5. The molecule has 7 heteroatoms. The Morgan fingerprint density at radius 3 is 2.74 bits per heavy atom. The zero-order chi connectivity index (χ0) is 16.4. The Morgan fingerprint density at radius 1 is 1.30 bits per heavy atom. The fourth-order valence-electron chi connectivity index (χ4n) is 2.45. The molecule has 0 fully saturated rings. The molecule has 3 N–H and O–H groups in total. The molecule has 1 unspecified atom stereocenters. The second kappa shape index (κ2) is 6.93. The van der Waals surface area contributed by atoms with E-state index in [0.29, 0.717) is 15.9 Å². The smallest absolute Gasteiger partial charge is 0.104 e. The molecule has 0 aliphatic carbocycles. The van der Waals surface area contributed by atoms with Gasteiger partial charge in [-0.1, -0.05) is 41.4 Å². The van der Waals surface area contributed by atoms with Crippen molar-refractivity contribution in [1.82, 2.24) is 9.78 Å². The molecule has 2 heterocycles. The Balaban J connectivity index is 1.88. The lowest BCUT2D eigenvalue weighted by molar-refractivity contribution is 0.776. The van der Waals surface area contributed by atoms with E-state index in [0.717, 1.165) is 21.8 Å². The van der Waals surface area contributed by atoms with Gasteiger partial charge in [-0.15, -0.1) is 11.3 Å². The monoisotopic (exact) mass is 366 g/mol. The lowest BCUT2D eigenvalue weighted by atomic mass is 10.1. The van der Waals surface area contributed by atoms with Crippen LogP contribution in [0.2, 0.25) is 9.36 Å². The quantitative estimate of drug-likeness (QED) is 0.695. The minimum Gasteiger partial charge on any atom is -0.369 e. The summed E-state index contributed by atoms with van der Waals surface area (Å²) in [5, 5.41) is 9.25. The Hall–Kier alpha value is -1.53. The van der Waals surface area contributed by atoms with E-state index in [1.807, 2.05) is 43.4 Å². The SMILES string of the molecule is Cn1nccc1-c1cc(NC(CN)c2ccccc2Cl)sc1Cl. The van der Waals surface area contributed by atoms with E-state index in [2.05, 4.69) is 10.4 Å². The number of rotatable bonds is 5. The normalized spacial score (nSPS) is 12.3. The number of thiophene rings is 1. The molecular weight excluding hydrogens is 351 g/mol. The van der Waals surface area contributed by atoms with Crippen LogP contribution in [0.4, 0.5) is 5.00 Å². The van der Waals surface area contributed by atoms with E-state index < -0.39 is 0 Å². The predicted molar refractivity (Wildman–Crippen MR) is 98.4 cm³/mol. The van der Waals surface area contributed by atoms with Crippen LogP contribution >= 0.6 is 34.5 Å². The van der Waals surface area contributed by atoms with Gasteiger partial charge < -0.3 is 11.1 Å². The summed E-state index contributed by atoms with van der Waals surface area (Å²) in [4.78, 5) is 0. The highest BCUT2D eigenvalue weighted by Gasteiger charge is 2.17. The number of anilines is 1. The second-order valence-electron chi connectivity index (χ2n) is 5.09. The molecular formula is C16H16Cl2N4S. The molecule has 23 heavy (non-hydrogen) atoms. The molecule has 0 aliphatic rings. The summed E-state index contributed by atoms with van der Waals surface area (Å²) in [5.41, 5.74) is 8.82. The number of halogens is 2. The third-order valence-corrected chi connectivity index (χ3v) is 5.25. The third-order valence-electron chi connectivity index (χ3n) is 3.62. The predicted octanol–water partition coefficient (Wildman–Crippen LogP) is 4.57. The summed E-state index contributed by atoms with van der Waals surface area (Å²) in [6.45, 7) is 0.431. The number of nitrogens with zero attached hydrogens (tertiary/aromatic N) is 2. The molecule has 2 aromatic heterocycles. The van der Waals surface area contributed by atoms with Gasteiger partial charge in [0.2, 0.25) is 0 Å². The van der Waals surface area contributed by atoms with Crippen LogP contribution in [0.1, 0.15) is 11.6 Å². The van der Waals surface area contributed by atoms with Crippen LogP contribution in [0.25, 0.3) is 11.3 Å². The van der Waals surface area contributed by atoms with Crippen LogP contribution in [0.15, 0.2) is 42.6 Å². The van der Waals surface area contributed by atoms with Crippen LogP contribution in [-0.4, -0.2) is 16.3 Å². The fourth-order valence-corrected chi connectivity index (χ4v) is 3.96. The molecule has 0 saturated carbocycles. The summed E-state index contributed by atoms with van der Waals surface area (Å²) in [6.07, 6.45) is 1.75. The number of aryl methyl sites for hydroxylation is 1.